The second-order valence-corrected chi connectivity index (χ2v) is 7.70. The molecule has 0 spiro atoms. The van der Waals surface area contributed by atoms with Gasteiger partial charge < -0.3 is 5.32 Å². The molecule has 4 fully saturated rings. The number of hydrogen-bond acceptors (Lipinski definition) is 2. The van der Waals surface area contributed by atoms with Crippen molar-refractivity contribution in [3.63, 3.8) is 0 Å². The zero-order chi connectivity index (χ0) is 13.6. The lowest BCUT2D eigenvalue weighted by Gasteiger charge is -2.59. The lowest BCUT2D eigenvalue weighted by atomic mass is 9.48. The van der Waals surface area contributed by atoms with Gasteiger partial charge in [-0.2, -0.15) is 0 Å². The number of nitrogens with zero attached hydrogens (tertiary/aromatic N) is 1. The third-order valence-corrected chi connectivity index (χ3v) is 6.32. The van der Waals surface area contributed by atoms with Gasteiger partial charge in [-0.05, 0) is 80.8 Å². The van der Waals surface area contributed by atoms with Crippen molar-refractivity contribution in [1.82, 2.24) is 10.3 Å². The highest BCUT2D eigenvalue weighted by atomic mass is 14.9. The molecule has 4 bridgehead atoms. The molecule has 1 aromatic rings. The monoisotopic (exact) mass is 270 g/mol. The highest BCUT2D eigenvalue weighted by Gasteiger charge is 2.52. The minimum atomic E-state index is 0.601. The largest absolute Gasteiger partial charge is 0.308 e. The Bertz CT molecular complexity index is 432. The summed E-state index contributed by atoms with van der Waals surface area (Å²) < 4.78 is 0. The van der Waals surface area contributed by atoms with Crippen LogP contribution in [-0.4, -0.2) is 11.0 Å². The van der Waals surface area contributed by atoms with Crippen LogP contribution in [0.3, 0.4) is 0 Å². The SMILES string of the molecule is C[C@H](NCc1ccccn1)C12CC3CC(CC(C3)C1)C2. The van der Waals surface area contributed by atoms with Gasteiger partial charge in [0, 0.05) is 18.8 Å². The summed E-state index contributed by atoms with van der Waals surface area (Å²) in [6.45, 7) is 3.35. The molecule has 4 saturated carbocycles. The highest BCUT2D eigenvalue weighted by Crippen LogP contribution is 2.61. The molecule has 2 nitrogen and oxygen atoms in total. The van der Waals surface area contributed by atoms with Gasteiger partial charge in [0.15, 0.2) is 0 Å². The summed E-state index contributed by atoms with van der Waals surface area (Å²) in [4.78, 5) is 4.43. The Balaban J connectivity index is 1.44. The van der Waals surface area contributed by atoms with E-state index >= 15 is 0 Å². The van der Waals surface area contributed by atoms with Crippen LogP contribution >= 0.6 is 0 Å². The summed E-state index contributed by atoms with van der Waals surface area (Å²) in [5.74, 6) is 3.13. The van der Waals surface area contributed by atoms with E-state index in [1.807, 2.05) is 12.3 Å². The molecule has 0 saturated heterocycles. The van der Waals surface area contributed by atoms with Gasteiger partial charge in [-0.25, -0.2) is 0 Å². The number of hydrogen-bond donors (Lipinski definition) is 1. The predicted octanol–water partition coefficient (Wildman–Crippen LogP) is 3.78. The van der Waals surface area contributed by atoms with Crippen molar-refractivity contribution in [2.24, 2.45) is 23.2 Å². The molecular formula is C18H26N2. The summed E-state index contributed by atoms with van der Waals surface area (Å²) >= 11 is 0. The summed E-state index contributed by atoms with van der Waals surface area (Å²) in [6.07, 6.45) is 10.9. The highest BCUT2D eigenvalue weighted by molar-refractivity contribution is 5.07. The van der Waals surface area contributed by atoms with Gasteiger partial charge in [0.05, 0.1) is 5.69 Å². The maximum atomic E-state index is 4.43. The fourth-order valence-corrected chi connectivity index (χ4v) is 5.68. The first-order chi connectivity index (χ1) is 9.73. The summed E-state index contributed by atoms with van der Waals surface area (Å²) in [5.41, 5.74) is 1.77. The van der Waals surface area contributed by atoms with E-state index in [1.165, 1.54) is 44.2 Å². The smallest absolute Gasteiger partial charge is 0.0541 e. The molecule has 1 aromatic heterocycles. The summed E-state index contributed by atoms with van der Waals surface area (Å²) in [5, 5.41) is 3.79. The number of nitrogens with one attached hydrogen (secondary N) is 1. The molecule has 1 N–H and O–H groups in total. The topological polar surface area (TPSA) is 24.9 Å². The van der Waals surface area contributed by atoms with E-state index in [4.69, 9.17) is 0 Å². The number of pyridine rings is 1. The molecule has 0 unspecified atom stereocenters. The molecule has 0 radical (unpaired) electrons. The van der Waals surface area contributed by atoms with Gasteiger partial charge in [-0.3, -0.25) is 4.98 Å². The van der Waals surface area contributed by atoms with Crippen LogP contribution in [0.4, 0.5) is 0 Å². The Kier molecular flexibility index (Phi) is 3.10. The maximum Gasteiger partial charge on any atom is 0.0541 e. The van der Waals surface area contributed by atoms with Crippen LogP contribution in [0.1, 0.15) is 51.1 Å². The third-order valence-electron chi connectivity index (χ3n) is 6.32. The van der Waals surface area contributed by atoms with Crippen molar-refractivity contribution in [2.75, 3.05) is 0 Å². The van der Waals surface area contributed by atoms with Crippen LogP contribution in [0.5, 0.6) is 0 Å². The van der Waals surface area contributed by atoms with E-state index < -0.39 is 0 Å². The van der Waals surface area contributed by atoms with Crippen molar-refractivity contribution in [2.45, 2.75) is 58.0 Å². The molecule has 108 valence electrons. The second-order valence-electron chi connectivity index (χ2n) is 7.70. The standard InChI is InChI=1S/C18H26N2/c1-13(20-12-17-4-2-3-5-19-17)18-9-14-6-15(10-18)8-16(7-14)11-18/h2-5,13-16,20H,6-12H2,1H3/t13-,14?,15?,16?,18?/m0/s1. The molecule has 20 heavy (non-hydrogen) atoms. The molecule has 5 rings (SSSR count). The van der Waals surface area contributed by atoms with Gasteiger partial charge in [0.25, 0.3) is 0 Å². The van der Waals surface area contributed by atoms with E-state index in [0.29, 0.717) is 11.5 Å². The van der Waals surface area contributed by atoms with Crippen molar-refractivity contribution < 1.29 is 0 Å². The zero-order valence-corrected chi connectivity index (χ0v) is 12.5. The Hall–Kier alpha value is -0.890. The first-order valence-corrected chi connectivity index (χ1v) is 8.37. The van der Waals surface area contributed by atoms with E-state index in [2.05, 4.69) is 29.4 Å². The quantitative estimate of drug-likeness (QED) is 0.900. The van der Waals surface area contributed by atoms with Crippen molar-refractivity contribution >= 4 is 0 Å². The Labute approximate surface area is 122 Å². The minimum Gasteiger partial charge on any atom is -0.308 e. The number of rotatable bonds is 4. The maximum absolute atomic E-state index is 4.43. The van der Waals surface area contributed by atoms with Crippen LogP contribution in [0, 0.1) is 23.2 Å². The number of aromatic nitrogens is 1. The van der Waals surface area contributed by atoms with Crippen LogP contribution in [0.2, 0.25) is 0 Å². The predicted molar refractivity (Wildman–Crippen MR) is 81.1 cm³/mol. The molecule has 1 atom stereocenters. The molecule has 0 amide bonds. The third kappa shape index (κ3) is 2.18. The van der Waals surface area contributed by atoms with Crippen LogP contribution in [-0.2, 0) is 6.54 Å². The fourth-order valence-electron chi connectivity index (χ4n) is 5.68. The normalized spacial score (nSPS) is 40.0. The first kappa shape index (κ1) is 12.8. The molecule has 2 heteroatoms. The molecular weight excluding hydrogens is 244 g/mol. The first-order valence-electron chi connectivity index (χ1n) is 8.37. The van der Waals surface area contributed by atoms with Crippen molar-refractivity contribution in [3.05, 3.63) is 30.1 Å². The Morgan fingerprint density at radius 3 is 2.35 bits per heavy atom. The van der Waals surface area contributed by atoms with Crippen LogP contribution in [0.25, 0.3) is 0 Å². The lowest BCUT2D eigenvalue weighted by Crippen LogP contribution is -2.54. The van der Waals surface area contributed by atoms with Crippen LogP contribution < -0.4 is 5.32 Å². The van der Waals surface area contributed by atoms with Gasteiger partial charge in [0.1, 0.15) is 0 Å². The van der Waals surface area contributed by atoms with Gasteiger partial charge in [-0.1, -0.05) is 6.07 Å². The minimum absolute atomic E-state index is 0.601. The lowest BCUT2D eigenvalue weighted by molar-refractivity contribution is -0.0707. The molecule has 4 aliphatic carbocycles. The van der Waals surface area contributed by atoms with Gasteiger partial charge in [0.2, 0.25) is 0 Å². The average Bonchev–Trinajstić information content (AvgIpc) is 2.44. The van der Waals surface area contributed by atoms with Gasteiger partial charge >= 0.3 is 0 Å². The van der Waals surface area contributed by atoms with E-state index in [9.17, 15) is 0 Å². The summed E-state index contributed by atoms with van der Waals surface area (Å²) in [7, 11) is 0. The Morgan fingerprint density at radius 1 is 1.15 bits per heavy atom. The van der Waals surface area contributed by atoms with Crippen molar-refractivity contribution in [1.29, 1.82) is 0 Å². The fraction of sp³-hybridized carbons (Fsp3) is 0.722. The van der Waals surface area contributed by atoms with Crippen LogP contribution in [0.15, 0.2) is 24.4 Å². The van der Waals surface area contributed by atoms with Gasteiger partial charge in [-0.15, -0.1) is 0 Å². The average molecular weight is 270 g/mol. The van der Waals surface area contributed by atoms with E-state index in [0.717, 1.165) is 24.3 Å². The molecule has 0 aliphatic heterocycles. The molecule has 0 aromatic carbocycles. The second kappa shape index (κ2) is 4.84. The van der Waals surface area contributed by atoms with E-state index in [1.54, 1.807) is 0 Å². The summed E-state index contributed by atoms with van der Waals surface area (Å²) in [6, 6.07) is 6.84. The zero-order valence-electron chi connectivity index (χ0n) is 12.5. The molecule has 4 aliphatic rings. The van der Waals surface area contributed by atoms with E-state index in [-0.39, 0.29) is 0 Å². The molecule has 1 heterocycles. The van der Waals surface area contributed by atoms with Crippen molar-refractivity contribution in [3.8, 4) is 0 Å². The Morgan fingerprint density at radius 2 is 1.80 bits per heavy atom.